The third kappa shape index (κ3) is 2.25. The first-order chi connectivity index (χ1) is 10.00. The van der Waals surface area contributed by atoms with Crippen LogP contribution in [0.5, 0.6) is 5.75 Å². The van der Waals surface area contributed by atoms with Gasteiger partial charge >= 0.3 is 0 Å². The predicted molar refractivity (Wildman–Crippen MR) is 80.0 cm³/mol. The molecule has 0 aliphatic heterocycles. The molecule has 0 aliphatic carbocycles. The summed E-state index contributed by atoms with van der Waals surface area (Å²) < 4.78 is 25.5. The highest BCUT2D eigenvalue weighted by atomic mass is 32.2. The molecule has 0 radical (unpaired) electrons. The number of pyridine rings is 1. The van der Waals surface area contributed by atoms with Gasteiger partial charge in [0.05, 0.1) is 9.79 Å². The van der Waals surface area contributed by atoms with Crippen LogP contribution in [0.2, 0.25) is 0 Å². The Bertz CT molecular complexity index is 916. The number of hydrogen-bond acceptors (Lipinski definition) is 4. The molecule has 0 atom stereocenters. The molecule has 1 N–H and O–H groups in total. The minimum absolute atomic E-state index is 0.0338. The molecule has 21 heavy (non-hydrogen) atoms. The molecule has 1 heterocycles. The van der Waals surface area contributed by atoms with E-state index in [1.807, 2.05) is 6.92 Å². The van der Waals surface area contributed by atoms with Crippen molar-refractivity contribution >= 4 is 20.7 Å². The number of fused-ring (bicyclic) bond motifs is 1. The summed E-state index contributed by atoms with van der Waals surface area (Å²) in [6.45, 7) is 1.90. The lowest BCUT2D eigenvalue weighted by molar-refractivity contribution is 0.480. The minimum atomic E-state index is -3.65. The van der Waals surface area contributed by atoms with Crippen LogP contribution in [-0.2, 0) is 9.84 Å². The maximum Gasteiger partial charge on any atom is 0.207 e. The number of aromatic hydroxyl groups is 1. The lowest BCUT2D eigenvalue weighted by Crippen LogP contribution is -2.03. The Kier molecular flexibility index (Phi) is 3.14. The molecule has 2 aromatic carbocycles. The molecule has 0 spiro atoms. The summed E-state index contributed by atoms with van der Waals surface area (Å²) in [5.74, 6) is -0.0338. The fourth-order valence-corrected chi connectivity index (χ4v) is 3.66. The van der Waals surface area contributed by atoms with Crippen molar-refractivity contribution < 1.29 is 13.5 Å². The Morgan fingerprint density at radius 1 is 1.00 bits per heavy atom. The molecule has 0 aliphatic rings. The summed E-state index contributed by atoms with van der Waals surface area (Å²) in [6.07, 6.45) is 1.52. The van der Waals surface area contributed by atoms with Gasteiger partial charge in [0.15, 0.2) is 0 Å². The van der Waals surface area contributed by atoms with E-state index in [9.17, 15) is 13.5 Å². The SMILES string of the molecule is Cc1ccc(S(=O)(=O)c2ccc(O)c3ncccc23)cc1. The van der Waals surface area contributed by atoms with Crippen molar-refractivity contribution in [3.8, 4) is 5.75 Å². The molecule has 1 aromatic heterocycles. The summed E-state index contributed by atoms with van der Waals surface area (Å²) in [5.41, 5.74) is 1.27. The van der Waals surface area contributed by atoms with E-state index in [1.54, 1.807) is 36.4 Å². The second-order valence-corrected chi connectivity index (χ2v) is 6.72. The Morgan fingerprint density at radius 2 is 1.71 bits per heavy atom. The van der Waals surface area contributed by atoms with E-state index in [0.29, 0.717) is 5.39 Å². The van der Waals surface area contributed by atoms with Crippen LogP contribution in [0.1, 0.15) is 5.56 Å². The van der Waals surface area contributed by atoms with E-state index in [2.05, 4.69) is 4.98 Å². The zero-order valence-corrected chi connectivity index (χ0v) is 12.1. The normalized spacial score (nSPS) is 11.7. The van der Waals surface area contributed by atoms with Gasteiger partial charge in [-0.1, -0.05) is 17.7 Å². The average molecular weight is 299 g/mol. The van der Waals surface area contributed by atoms with Crippen molar-refractivity contribution in [3.05, 3.63) is 60.3 Å². The maximum atomic E-state index is 12.8. The first-order valence-corrected chi connectivity index (χ1v) is 7.87. The van der Waals surface area contributed by atoms with Gasteiger partial charge in [0.1, 0.15) is 11.3 Å². The van der Waals surface area contributed by atoms with Crippen molar-refractivity contribution in [1.82, 2.24) is 4.98 Å². The molecule has 4 nitrogen and oxygen atoms in total. The van der Waals surface area contributed by atoms with Gasteiger partial charge in [-0.3, -0.25) is 4.98 Å². The second kappa shape index (κ2) is 4.86. The van der Waals surface area contributed by atoms with Gasteiger partial charge in [0.25, 0.3) is 0 Å². The van der Waals surface area contributed by atoms with Crippen LogP contribution in [0.4, 0.5) is 0 Å². The summed E-state index contributed by atoms with van der Waals surface area (Å²) >= 11 is 0. The number of phenolic OH excluding ortho intramolecular Hbond substituents is 1. The number of aromatic nitrogens is 1. The highest BCUT2D eigenvalue weighted by molar-refractivity contribution is 7.91. The number of rotatable bonds is 2. The van der Waals surface area contributed by atoms with E-state index in [1.165, 1.54) is 18.3 Å². The van der Waals surface area contributed by atoms with Crippen molar-refractivity contribution in [2.24, 2.45) is 0 Å². The fraction of sp³-hybridized carbons (Fsp3) is 0.0625. The zero-order valence-electron chi connectivity index (χ0n) is 11.3. The van der Waals surface area contributed by atoms with E-state index in [4.69, 9.17) is 0 Å². The largest absolute Gasteiger partial charge is 0.506 e. The van der Waals surface area contributed by atoms with Crippen LogP contribution in [-0.4, -0.2) is 18.5 Å². The molecule has 0 unspecified atom stereocenters. The highest BCUT2D eigenvalue weighted by Gasteiger charge is 2.21. The Labute approximate surface area is 122 Å². The van der Waals surface area contributed by atoms with Gasteiger partial charge in [-0.15, -0.1) is 0 Å². The van der Waals surface area contributed by atoms with Gasteiger partial charge in [-0.25, -0.2) is 8.42 Å². The van der Waals surface area contributed by atoms with Crippen LogP contribution in [0.25, 0.3) is 10.9 Å². The monoisotopic (exact) mass is 299 g/mol. The lowest BCUT2D eigenvalue weighted by Gasteiger charge is -2.09. The van der Waals surface area contributed by atoms with E-state index in [0.717, 1.165) is 5.56 Å². The van der Waals surface area contributed by atoms with Gasteiger partial charge in [0.2, 0.25) is 9.84 Å². The Balaban J connectivity index is 2.29. The minimum Gasteiger partial charge on any atom is -0.506 e. The van der Waals surface area contributed by atoms with Crippen LogP contribution in [0, 0.1) is 6.92 Å². The molecule has 0 bridgehead atoms. The number of phenols is 1. The molecule has 0 saturated carbocycles. The van der Waals surface area contributed by atoms with Gasteiger partial charge in [-0.05, 0) is 43.3 Å². The third-order valence-corrected chi connectivity index (χ3v) is 5.16. The summed E-state index contributed by atoms with van der Waals surface area (Å²) in [5, 5.41) is 10.2. The highest BCUT2D eigenvalue weighted by Crippen LogP contribution is 2.31. The molecule has 3 aromatic rings. The van der Waals surface area contributed by atoms with Crippen molar-refractivity contribution in [2.45, 2.75) is 16.7 Å². The summed E-state index contributed by atoms with van der Waals surface area (Å²) in [7, 11) is -3.65. The van der Waals surface area contributed by atoms with E-state index < -0.39 is 9.84 Å². The second-order valence-electron chi connectivity index (χ2n) is 4.80. The standard InChI is InChI=1S/C16H13NO3S/c1-11-4-6-12(7-5-11)21(19,20)15-9-8-14(18)16-13(15)3-2-10-17-16/h2-10,18H,1H3. The zero-order chi connectivity index (χ0) is 15.0. The molecular formula is C16H13NO3S. The smallest absolute Gasteiger partial charge is 0.207 e. The van der Waals surface area contributed by atoms with Crippen molar-refractivity contribution in [1.29, 1.82) is 0 Å². The molecular weight excluding hydrogens is 286 g/mol. The predicted octanol–water partition coefficient (Wildman–Crippen LogP) is 3.08. The van der Waals surface area contributed by atoms with Crippen LogP contribution in [0.15, 0.2) is 64.5 Å². The van der Waals surface area contributed by atoms with Gasteiger partial charge in [0, 0.05) is 11.6 Å². The molecule has 0 saturated heterocycles. The fourth-order valence-electron chi connectivity index (χ4n) is 2.21. The maximum absolute atomic E-state index is 12.8. The van der Waals surface area contributed by atoms with Gasteiger partial charge < -0.3 is 5.11 Å². The van der Waals surface area contributed by atoms with Crippen LogP contribution >= 0.6 is 0 Å². The first kappa shape index (κ1) is 13.6. The van der Waals surface area contributed by atoms with E-state index in [-0.39, 0.29) is 21.1 Å². The number of benzene rings is 2. The lowest BCUT2D eigenvalue weighted by atomic mass is 10.2. The van der Waals surface area contributed by atoms with Crippen LogP contribution < -0.4 is 0 Å². The number of nitrogens with zero attached hydrogens (tertiary/aromatic N) is 1. The molecule has 106 valence electrons. The van der Waals surface area contributed by atoms with Crippen LogP contribution in [0.3, 0.4) is 0 Å². The molecule has 3 rings (SSSR count). The molecule has 0 amide bonds. The molecule has 5 heteroatoms. The Hall–Kier alpha value is -2.40. The molecule has 0 fully saturated rings. The summed E-state index contributed by atoms with van der Waals surface area (Å²) in [4.78, 5) is 4.42. The first-order valence-electron chi connectivity index (χ1n) is 6.38. The number of sulfone groups is 1. The average Bonchev–Trinajstić information content (AvgIpc) is 2.48. The van der Waals surface area contributed by atoms with Crippen molar-refractivity contribution in [3.63, 3.8) is 0 Å². The number of aryl methyl sites for hydroxylation is 1. The topological polar surface area (TPSA) is 67.3 Å². The summed E-state index contributed by atoms with van der Waals surface area (Å²) in [6, 6.07) is 12.7. The number of hydrogen-bond donors (Lipinski definition) is 1. The van der Waals surface area contributed by atoms with Crippen molar-refractivity contribution in [2.75, 3.05) is 0 Å². The van der Waals surface area contributed by atoms with E-state index >= 15 is 0 Å². The Morgan fingerprint density at radius 3 is 2.43 bits per heavy atom. The quantitative estimate of drug-likeness (QED) is 0.789. The van der Waals surface area contributed by atoms with Gasteiger partial charge in [-0.2, -0.15) is 0 Å². The third-order valence-electron chi connectivity index (χ3n) is 3.33.